The van der Waals surface area contributed by atoms with Crippen molar-refractivity contribution >= 4 is 5.95 Å². The molecule has 0 spiro atoms. The quantitative estimate of drug-likeness (QED) is 0.667. The number of methoxy groups -OCH3 is 1. The number of ether oxygens (including phenoxy) is 1. The van der Waals surface area contributed by atoms with Gasteiger partial charge in [0.05, 0.1) is 6.10 Å². The Bertz CT molecular complexity index is 279. The molecule has 0 atom stereocenters. The van der Waals surface area contributed by atoms with Crippen LogP contribution in [-0.4, -0.2) is 36.3 Å². The van der Waals surface area contributed by atoms with Crippen molar-refractivity contribution in [2.45, 2.75) is 13.0 Å². The van der Waals surface area contributed by atoms with E-state index in [1.165, 1.54) is 0 Å². The molecule has 0 saturated carbocycles. The van der Waals surface area contributed by atoms with Gasteiger partial charge in [0.15, 0.2) is 0 Å². The lowest BCUT2D eigenvalue weighted by Crippen LogP contribution is -2.52. The number of nitrogens with zero attached hydrogens (tertiary/aromatic N) is 3. The molecule has 1 saturated heterocycles. The van der Waals surface area contributed by atoms with E-state index in [-0.39, 0.29) is 0 Å². The van der Waals surface area contributed by atoms with E-state index >= 15 is 0 Å². The van der Waals surface area contributed by atoms with Crippen LogP contribution in [0.3, 0.4) is 0 Å². The van der Waals surface area contributed by atoms with E-state index in [9.17, 15) is 0 Å². The van der Waals surface area contributed by atoms with Crippen LogP contribution < -0.4 is 4.90 Å². The molecule has 0 radical (unpaired) electrons. The van der Waals surface area contributed by atoms with Crippen molar-refractivity contribution in [2.75, 3.05) is 25.1 Å². The zero-order chi connectivity index (χ0) is 9.26. The van der Waals surface area contributed by atoms with Crippen LogP contribution in [-0.2, 0) is 4.74 Å². The number of anilines is 1. The van der Waals surface area contributed by atoms with Crippen molar-refractivity contribution in [1.29, 1.82) is 0 Å². The highest BCUT2D eigenvalue weighted by atomic mass is 16.5. The maximum absolute atomic E-state index is 5.16. The fourth-order valence-corrected chi connectivity index (χ4v) is 1.30. The number of hydrogen-bond acceptors (Lipinski definition) is 4. The van der Waals surface area contributed by atoms with Crippen molar-refractivity contribution in [1.82, 2.24) is 9.97 Å². The van der Waals surface area contributed by atoms with Crippen LogP contribution in [0.15, 0.2) is 12.4 Å². The SMILES string of the molecule is COC1CN(c2ncc(C)cn2)C1. The van der Waals surface area contributed by atoms with Gasteiger partial charge in [0.2, 0.25) is 5.95 Å². The molecule has 0 unspecified atom stereocenters. The molecule has 1 fully saturated rings. The van der Waals surface area contributed by atoms with Crippen LogP contribution in [0.2, 0.25) is 0 Å². The number of hydrogen-bond donors (Lipinski definition) is 0. The number of aromatic nitrogens is 2. The lowest BCUT2D eigenvalue weighted by molar-refractivity contribution is 0.0778. The first kappa shape index (κ1) is 8.44. The predicted octanol–water partition coefficient (Wildman–Crippen LogP) is 0.620. The molecule has 2 rings (SSSR count). The van der Waals surface area contributed by atoms with E-state index in [2.05, 4.69) is 14.9 Å². The average Bonchev–Trinajstić information content (AvgIpc) is 2.06. The molecule has 0 aromatic carbocycles. The molecule has 70 valence electrons. The van der Waals surface area contributed by atoms with E-state index in [0.717, 1.165) is 24.6 Å². The zero-order valence-electron chi connectivity index (χ0n) is 7.90. The van der Waals surface area contributed by atoms with E-state index in [0.29, 0.717) is 6.10 Å². The first-order chi connectivity index (χ1) is 6.29. The molecule has 1 aliphatic rings. The Morgan fingerprint density at radius 1 is 1.38 bits per heavy atom. The van der Waals surface area contributed by atoms with Crippen molar-refractivity contribution in [2.24, 2.45) is 0 Å². The van der Waals surface area contributed by atoms with Crippen LogP contribution in [0, 0.1) is 6.92 Å². The van der Waals surface area contributed by atoms with Gasteiger partial charge in [-0.2, -0.15) is 0 Å². The standard InChI is InChI=1S/C9H13N3O/c1-7-3-10-9(11-4-7)12-5-8(6-12)13-2/h3-4,8H,5-6H2,1-2H3. The minimum Gasteiger partial charge on any atom is -0.378 e. The van der Waals surface area contributed by atoms with E-state index < -0.39 is 0 Å². The summed E-state index contributed by atoms with van der Waals surface area (Å²) in [6.07, 6.45) is 4.02. The normalized spacial score (nSPS) is 17.2. The Labute approximate surface area is 77.6 Å². The van der Waals surface area contributed by atoms with E-state index in [1.54, 1.807) is 7.11 Å². The highest BCUT2D eigenvalue weighted by Gasteiger charge is 2.27. The highest BCUT2D eigenvalue weighted by molar-refractivity contribution is 5.34. The second-order valence-corrected chi connectivity index (χ2v) is 3.32. The molecule has 0 N–H and O–H groups in total. The van der Waals surface area contributed by atoms with Gasteiger partial charge in [-0.3, -0.25) is 0 Å². The van der Waals surface area contributed by atoms with Crippen LogP contribution in [0.1, 0.15) is 5.56 Å². The summed E-state index contributed by atoms with van der Waals surface area (Å²) in [7, 11) is 1.73. The van der Waals surface area contributed by atoms with Gasteiger partial charge in [-0.15, -0.1) is 0 Å². The topological polar surface area (TPSA) is 38.2 Å². The molecule has 1 aromatic heterocycles. The molecule has 13 heavy (non-hydrogen) atoms. The Morgan fingerprint density at radius 3 is 2.54 bits per heavy atom. The maximum Gasteiger partial charge on any atom is 0.225 e. The van der Waals surface area contributed by atoms with Crippen molar-refractivity contribution in [3.05, 3.63) is 18.0 Å². The smallest absolute Gasteiger partial charge is 0.225 e. The fraction of sp³-hybridized carbons (Fsp3) is 0.556. The molecule has 0 bridgehead atoms. The summed E-state index contributed by atoms with van der Waals surface area (Å²) >= 11 is 0. The first-order valence-corrected chi connectivity index (χ1v) is 4.36. The minimum absolute atomic E-state index is 0.352. The van der Waals surface area contributed by atoms with Crippen molar-refractivity contribution in [3.8, 4) is 0 Å². The largest absolute Gasteiger partial charge is 0.378 e. The van der Waals surface area contributed by atoms with Gasteiger partial charge in [0.1, 0.15) is 0 Å². The Kier molecular flexibility index (Phi) is 2.14. The van der Waals surface area contributed by atoms with Gasteiger partial charge in [0, 0.05) is 32.6 Å². The van der Waals surface area contributed by atoms with E-state index in [1.807, 2.05) is 19.3 Å². The second kappa shape index (κ2) is 3.30. The maximum atomic E-state index is 5.16. The number of rotatable bonds is 2. The molecular formula is C9H13N3O. The van der Waals surface area contributed by atoms with Gasteiger partial charge < -0.3 is 9.64 Å². The van der Waals surface area contributed by atoms with Crippen LogP contribution in [0.5, 0.6) is 0 Å². The third-order valence-electron chi connectivity index (χ3n) is 2.23. The lowest BCUT2D eigenvalue weighted by Gasteiger charge is -2.37. The Morgan fingerprint density at radius 2 is 2.00 bits per heavy atom. The van der Waals surface area contributed by atoms with Gasteiger partial charge in [-0.05, 0) is 12.5 Å². The first-order valence-electron chi connectivity index (χ1n) is 4.36. The molecule has 2 heterocycles. The Hall–Kier alpha value is -1.16. The highest BCUT2D eigenvalue weighted by Crippen LogP contribution is 2.16. The lowest BCUT2D eigenvalue weighted by atomic mass is 10.2. The summed E-state index contributed by atoms with van der Waals surface area (Å²) in [6.45, 7) is 3.79. The molecule has 1 aromatic rings. The Balaban J connectivity index is 1.99. The summed E-state index contributed by atoms with van der Waals surface area (Å²) in [4.78, 5) is 10.6. The van der Waals surface area contributed by atoms with Crippen LogP contribution in [0.4, 0.5) is 5.95 Å². The second-order valence-electron chi connectivity index (χ2n) is 3.32. The minimum atomic E-state index is 0.352. The summed E-state index contributed by atoms with van der Waals surface area (Å²) < 4.78 is 5.16. The summed E-state index contributed by atoms with van der Waals surface area (Å²) in [5.74, 6) is 0.805. The summed E-state index contributed by atoms with van der Waals surface area (Å²) in [5, 5.41) is 0. The van der Waals surface area contributed by atoms with Crippen molar-refractivity contribution < 1.29 is 4.74 Å². The van der Waals surface area contributed by atoms with Gasteiger partial charge in [0.25, 0.3) is 0 Å². The molecule has 4 heteroatoms. The van der Waals surface area contributed by atoms with Crippen LogP contribution >= 0.6 is 0 Å². The van der Waals surface area contributed by atoms with Crippen LogP contribution in [0.25, 0.3) is 0 Å². The summed E-state index contributed by atoms with van der Waals surface area (Å²) in [5.41, 5.74) is 1.09. The third-order valence-corrected chi connectivity index (χ3v) is 2.23. The zero-order valence-corrected chi connectivity index (χ0v) is 7.90. The number of aryl methyl sites for hydroxylation is 1. The molecule has 0 aliphatic carbocycles. The third kappa shape index (κ3) is 1.62. The molecule has 0 amide bonds. The van der Waals surface area contributed by atoms with Gasteiger partial charge >= 0.3 is 0 Å². The molecule has 4 nitrogen and oxygen atoms in total. The molecular weight excluding hydrogens is 166 g/mol. The van der Waals surface area contributed by atoms with Gasteiger partial charge in [-0.25, -0.2) is 9.97 Å². The summed E-state index contributed by atoms with van der Waals surface area (Å²) in [6, 6.07) is 0. The monoisotopic (exact) mass is 179 g/mol. The average molecular weight is 179 g/mol. The predicted molar refractivity (Wildman–Crippen MR) is 49.8 cm³/mol. The fourth-order valence-electron chi connectivity index (χ4n) is 1.30. The van der Waals surface area contributed by atoms with Crippen molar-refractivity contribution in [3.63, 3.8) is 0 Å². The van der Waals surface area contributed by atoms with E-state index in [4.69, 9.17) is 4.74 Å². The molecule has 1 aliphatic heterocycles. The van der Waals surface area contributed by atoms with Gasteiger partial charge in [-0.1, -0.05) is 0 Å².